The molecular weight excluding hydrogens is 322 g/mol. The number of thiazole rings is 1. The van der Waals surface area contributed by atoms with E-state index in [2.05, 4.69) is 9.88 Å². The monoisotopic (exact) mass is 347 g/mol. The zero-order valence-electron chi connectivity index (χ0n) is 14.3. The third-order valence-electron chi connectivity index (χ3n) is 5.71. The van der Waals surface area contributed by atoms with E-state index in [4.69, 9.17) is 0 Å². The highest BCUT2D eigenvalue weighted by Gasteiger charge is 2.49. The molecule has 3 heterocycles. The standard InChI is InChI=1S/C18H25N3O2S/c1-13-19-15(11-24-13)9-16(22)21-8-6-18(12-21)5-2-7-20(17(18)23)10-14-3-4-14/h11,14H,2-10,12H2,1H3/t18-/m1/s1. The van der Waals surface area contributed by atoms with Crippen molar-refractivity contribution in [3.8, 4) is 0 Å². The van der Waals surface area contributed by atoms with Crippen LogP contribution in [0.25, 0.3) is 0 Å². The first-order chi connectivity index (χ1) is 11.6. The highest BCUT2D eigenvalue weighted by atomic mass is 32.1. The van der Waals surface area contributed by atoms with Gasteiger partial charge in [0.1, 0.15) is 0 Å². The van der Waals surface area contributed by atoms with Crippen LogP contribution in [0, 0.1) is 18.3 Å². The fourth-order valence-electron chi connectivity index (χ4n) is 4.16. The number of piperidine rings is 1. The number of hydrogen-bond donors (Lipinski definition) is 0. The second-order valence-electron chi connectivity index (χ2n) is 7.68. The van der Waals surface area contributed by atoms with E-state index in [9.17, 15) is 9.59 Å². The second-order valence-corrected chi connectivity index (χ2v) is 8.74. The normalized spacial score (nSPS) is 27.3. The largest absolute Gasteiger partial charge is 0.342 e. The molecule has 0 unspecified atom stereocenters. The first-order valence-corrected chi connectivity index (χ1v) is 9.92. The molecule has 1 aliphatic carbocycles. The number of carbonyl (C=O) groups excluding carboxylic acids is 2. The number of likely N-dealkylation sites (tertiary alicyclic amines) is 2. The fourth-order valence-corrected chi connectivity index (χ4v) is 4.77. The molecule has 0 bridgehead atoms. The molecule has 2 amide bonds. The van der Waals surface area contributed by atoms with Crippen LogP contribution in [0.4, 0.5) is 0 Å². The van der Waals surface area contributed by atoms with Gasteiger partial charge in [0, 0.05) is 31.6 Å². The molecule has 4 rings (SSSR count). The van der Waals surface area contributed by atoms with Gasteiger partial charge in [-0.15, -0.1) is 11.3 Å². The number of rotatable bonds is 4. The molecule has 3 fully saturated rings. The van der Waals surface area contributed by atoms with E-state index in [1.165, 1.54) is 12.8 Å². The lowest BCUT2D eigenvalue weighted by Crippen LogP contribution is -2.51. The molecule has 0 aromatic carbocycles. The highest BCUT2D eigenvalue weighted by Crippen LogP contribution is 2.41. The van der Waals surface area contributed by atoms with Crippen LogP contribution in [0.2, 0.25) is 0 Å². The molecule has 1 spiro atoms. The Morgan fingerprint density at radius 2 is 2.21 bits per heavy atom. The van der Waals surface area contributed by atoms with Crippen LogP contribution >= 0.6 is 11.3 Å². The Hall–Kier alpha value is -1.43. The molecule has 24 heavy (non-hydrogen) atoms. The van der Waals surface area contributed by atoms with Gasteiger partial charge in [0.15, 0.2) is 0 Å². The number of aromatic nitrogens is 1. The van der Waals surface area contributed by atoms with E-state index in [0.717, 1.165) is 49.0 Å². The maximum absolute atomic E-state index is 13.0. The van der Waals surface area contributed by atoms with Crippen molar-refractivity contribution in [1.29, 1.82) is 0 Å². The molecule has 0 radical (unpaired) electrons. The maximum atomic E-state index is 13.0. The minimum atomic E-state index is -0.305. The van der Waals surface area contributed by atoms with Gasteiger partial charge in [-0.3, -0.25) is 9.59 Å². The Morgan fingerprint density at radius 3 is 2.92 bits per heavy atom. The predicted molar refractivity (Wildman–Crippen MR) is 92.7 cm³/mol. The van der Waals surface area contributed by atoms with Crippen molar-refractivity contribution < 1.29 is 9.59 Å². The van der Waals surface area contributed by atoms with Gasteiger partial charge in [-0.05, 0) is 44.9 Å². The molecule has 130 valence electrons. The van der Waals surface area contributed by atoms with Gasteiger partial charge in [-0.25, -0.2) is 4.98 Å². The SMILES string of the molecule is Cc1nc(CC(=O)N2CC[C@]3(CCCN(CC4CC4)C3=O)C2)cs1. The Labute approximate surface area is 147 Å². The summed E-state index contributed by atoms with van der Waals surface area (Å²) in [5, 5.41) is 2.95. The van der Waals surface area contributed by atoms with Crippen molar-refractivity contribution in [1.82, 2.24) is 14.8 Å². The smallest absolute Gasteiger partial charge is 0.230 e. The molecule has 2 saturated heterocycles. The molecular formula is C18H25N3O2S. The van der Waals surface area contributed by atoms with Crippen molar-refractivity contribution in [2.24, 2.45) is 11.3 Å². The van der Waals surface area contributed by atoms with Crippen molar-refractivity contribution in [2.45, 2.75) is 45.4 Å². The molecule has 6 heteroatoms. The number of aryl methyl sites for hydroxylation is 1. The molecule has 5 nitrogen and oxygen atoms in total. The summed E-state index contributed by atoms with van der Waals surface area (Å²) in [6, 6.07) is 0. The van der Waals surface area contributed by atoms with E-state index in [1.54, 1.807) is 11.3 Å². The van der Waals surface area contributed by atoms with Crippen LogP contribution in [0.5, 0.6) is 0 Å². The third kappa shape index (κ3) is 3.08. The average Bonchev–Trinajstić information content (AvgIpc) is 3.12. The van der Waals surface area contributed by atoms with Crippen molar-refractivity contribution in [3.63, 3.8) is 0 Å². The highest BCUT2D eigenvalue weighted by molar-refractivity contribution is 7.09. The quantitative estimate of drug-likeness (QED) is 0.839. The van der Waals surface area contributed by atoms with Crippen molar-refractivity contribution >= 4 is 23.2 Å². The summed E-state index contributed by atoms with van der Waals surface area (Å²) in [6.07, 6.45) is 5.75. The Balaban J connectivity index is 1.40. The van der Waals surface area contributed by atoms with Gasteiger partial charge in [-0.2, -0.15) is 0 Å². The van der Waals surface area contributed by atoms with Crippen LogP contribution in [-0.4, -0.2) is 52.8 Å². The molecule has 2 aliphatic heterocycles. The van der Waals surface area contributed by atoms with E-state index in [-0.39, 0.29) is 11.3 Å². The zero-order chi connectivity index (χ0) is 16.7. The van der Waals surface area contributed by atoms with Crippen molar-refractivity contribution in [2.75, 3.05) is 26.2 Å². The number of amides is 2. The summed E-state index contributed by atoms with van der Waals surface area (Å²) in [7, 11) is 0. The second kappa shape index (κ2) is 6.14. The van der Waals surface area contributed by atoms with Crippen LogP contribution in [0.3, 0.4) is 0 Å². The van der Waals surface area contributed by atoms with Crippen LogP contribution < -0.4 is 0 Å². The lowest BCUT2D eigenvalue weighted by Gasteiger charge is -2.39. The topological polar surface area (TPSA) is 53.5 Å². The Kier molecular flexibility index (Phi) is 4.11. The average molecular weight is 347 g/mol. The van der Waals surface area contributed by atoms with Crippen LogP contribution in [0.15, 0.2) is 5.38 Å². The van der Waals surface area contributed by atoms with Gasteiger partial charge < -0.3 is 9.80 Å². The Morgan fingerprint density at radius 1 is 1.38 bits per heavy atom. The lowest BCUT2D eigenvalue weighted by atomic mass is 9.78. The predicted octanol–water partition coefficient (Wildman–Crippen LogP) is 2.25. The molecule has 1 atom stereocenters. The van der Waals surface area contributed by atoms with Gasteiger partial charge >= 0.3 is 0 Å². The van der Waals surface area contributed by atoms with Crippen LogP contribution in [-0.2, 0) is 16.0 Å². The summed E-state index contributed by atoms with van der Waals surface area (Å²) in [5.74, 6) is 1.15. The summed E-state index contributed by atoms with van der Waals surface area (Å²) < 4.78 is 0. The van der Waals surface area contributed by atoms with E-state index >= 15 is 0 Å². The van der Waals surface area contributed by atoms with Crippen molar-refractivity contribution in [3.05, 3.63) is 16.1 Å². The molecule has 1 saturated carbocycles. The lowest BCUT2D eigenvalue weighted by molar-refractivity contribution is -0.146. The van der Waals surface area contributed by atoms with E-state index in [1.807, 2.05) is 17.2 Å². The van der Waals surface area contributed by atoms with Gasteiger partial charge in [0.2, 0.25) is 11.8 Å². The maximum Gasteiger partial charge on any atom is 0.230 e. The molecule has 3 aliphatic rings. The minimum absolute atomic E-state index is 0.115. The van der Waals surface area contributed by atoms with E-state index < -0.39 is 0 Å². The summed E-state index contributed by atoms with van der Waals surface area (Å²) in [4.78, 5) is 34.0. The van der Waals surface area contributed by atoms with Crippen LogP contribution in [0.1, 0.15) is 42.8 Å². The Bertz CT molecular complexity index is 654. The summed E-state index contributed by atoms with van der Waals surface area (Å²) >= 11 is 1.58. The number of nitrogens with zero attached hydrogens (tertiary/aromatic N) is 3. The minimum Gasteiger partial charge on any atom is -0.342 e. The number of carbonyl (C=O) groups is 2. The number of hydrogen-bond acceptors (Lipinski definition) is 4. The summed E-state index contributed by atoms with van der Waals surface area (Å²) in [5.41, 5.74) is 0.551. The van der Waals surface area contributed by atoms with Gasteiger partial charge in [0.25, 0.3) is 0 Å². The first kappa shape index (κ1) is 16.1. The first-order valence-electron chi connectivity index (χ1n) is 9.04. The molecule has 1 aromatic rings. The summed E-state index contributed by atoms with van der Waals surface area (Å²) in [6.45, 7) is 5.12. The molecule has 0 N–H and O–H groups in total. The molecule has 1 aromatic heterocycles. The van der Waals surface area contributed by atoms with Gasteiger partial charge in [-0.1, -0.05) is 0 Å². The zero-order valence-corrected chi connectivity index (χ0v) is 15.1. The third-order valence-corrected chi connectivity index (χ3v) is 6.53. The van der Waals surface area contributed by atoms with Gasteiger partial charge in [0.05, 0.1) is 22.5 Å². The van der Waals surface area contributed by atoms with E-state index in [0.29, 0.717) is 25.4 Å². The fraction of sp³-hybridized carbons (Fsp3) is 0.722.